The lowest BCUT2D eigenvalue weighted by Crippen LogP contribution is -2.40. The quantitative estimate of drug-likeness (QED) is 0.753. The van der Waals surface area contributed by atoms with E-state index >= 15 is 0 Å². The molecule has 0 spiro atoms. The van der Waals surface area contributed by atoms with Crippen LogP contribution in [0.1, 0.15) is 36.3 Å². The monoisotopic (exact) mass is 414 g/mol. The van der Waals surface area contributed by atoms with Gasteiger partial charge in [-0.2, -0.15) is 0 Å². The van der Waals surface area contributed by atoms with Crippen molar-refractivity contribution in [2.45, 2.75) is 37.7 Å². The topological polar surface area (TPSA) is 61.8 Å². The summed E-state index contributed by atoms with van der Waals surface area (Å²) in [6.07, 6.45) is 2.64. The lowest BCUT2D eigenvalue weighted by Gasteiger charge is -2.33. The number of rotatable bonds is 6. The smallest absolute Gasteiger partial charge is 0.224 e. The normalized spacial score (nSPS) is 18.8. The molecule has 0 saturated carbocycles. The third-order valence-electron chi connectivity index (χ3n) is 5.84. The molecule has 4 rings (SSSR count). The number of nitrogens with one attached hydrogen (secondary N) is 1. The van der Waals surface area contributed by atoms with Gasteiger partial charge in [-0.3, -0.25) is 4.79 Å². The Labute approximate surface area is 176 Å². The summed E-state index contributed by atoms with van der Waals surface area (Å²) >= 11 is 6.32. The number of ether oxygens (including phenoxy) is 1. The van der Waals surface area contributed by atoms with Gasteiger partial charge in [0.25, 0.3) is 0 Å². The van der Waals surface area contributed by atoms with E-state index in [0.717, 1.165) is 37.2 Å². The van der Waals surface area contributed by atoms with Gasteiger partial charge in [-0.1, -0.05) is 41.9 Å². The SMILES string of the molecule is O=C1CCc2c(ccc(Cl)c2OCC(O)CN2CCC(c3ccccc3)CC2)N1. The van der Waals surface area contributed by atoms with Crippen LogP contribution < -0.4 is 10.1 Å². The Bertz CT molecular complexity index is 851. The molecule has 2 heterocycles. The van der Waals surface area contributed by atoms with E-state index in [0.29, 0.717) is 36.1 Å². The minimum atomic E-state index is -0.589. The number of carbonyl (C=O) groups excluding carboxylic acids is 1. The molecule has 2 aromatic carbocycles. The van der Waals surface area contributed by atoms with Crippen LogP contribution in [0.3, 0.4) is 0 Å². The molecule has 0 bridgehead atoms. The number of likely N-dealkylation sites (tertiary alicyclic amines) is 1. The van der Waals surface area contributed by atoms with Gasteiger partial charge in [-0.05, 0) is 56.0 Å². The number of aliphatic hydroxyl groups excluding tert-OH is 1. The number of piperidine rings is 1. The van der Waals surface area contributed by atoms with Crippen LogP contribution in [0.25, 0.3) is 0 Å². The van der Waals surface area contributed by atoms with E-state index in [1.54, 1.807) is 12.1 Å². The highest BCUT2D eigenvalue weighted by Crippen LogP contribution is 2.37. The number of β-amino-alcohol motifs (C(OH)–C–C–N with tert-alkyl or cyclic N) is 1. The molecule has 2 aliphatic rings. The number of fused-ring (bicyclic) bond motifs is 1. The van der Waals surface area contributed by atoms with Crippen LogP contribution in [-0.4, -0.2) is 48.3 Å². The summed E-state index contributed by atoms with van der Waals surface area (Å²) < 4.78 is 5.90. The van der Waals surface area contributed by atoms with Crippen LogP contribution >= 0.6 is 11.6 Å². The second-order valence-electron chi connectivity index (χ2n) is 7.90. The summed E-state index contributed by atoms with van der Waals surface area (Å²) in [6.45, 7) is 2.72. The number of nitrogens with zero attached hydrogens (tertiary/aromatic N) is 1. The van der Waals surface area contributed by atoms with Gasteiger partial charge in [-0.15, -0.1) is 0 Å². The van der Waals surface area contributed by atoms with Crippen molar-refractivity contribution in [3.05, 3.63) is 58.6 Å². The van der Waals surface area contributed by atoms with Gasteiger partial charge in [0.15, 0.2) is 0 Å². The highest BCUT2D eigenvalue weighted by molar-refractivity contribution is 6.32. The molecule has 1 atom stereocenters. The average Bonchev–Trinajstić information content (AvgIpc) is 2.74. The summed E-state index contributed by atoms with van der Waals surface area (Å²) in [5, 5.41) is 13.9. The average molecular weight is 415 g/mol. The highest BCUT2D eigenvalue weighted by atomic mass is 35.5. The van der Waals surface area contributed by atoms with E-state index in [-0.39, 0.29) is 12.5 Å². The van der Waals surface area contributed by atoms with Gasteiger partial charge >= 0.3 is 0 Å². The molecule has 0 aromatic heterocycles. The molecule has 2 aromatic rings. The van der Waals surface area contributed by atoms with E-state index in [2.05, 4.69) is 40.5 Å². The van der Waals surface area contributed by atoms with Crippen molar-refractivity contribution < 1.29 is 14.6 Å². The maximum Gasteiger partial charge on any atom is 0.224 e. The summed E-state index contributed by atoms with van der Waals surface area (Å²) in [5.41, 5.74) is 3.07. The number of amides is 1. The molecule has 154 valence electrons. The molecule has 1 unspecified atom stereocenters. The second kappa shape index (κ2) is 9.16. The van der Waals surface area contributed by atoms with Crippen molar-refractivity contribution in [2.75, 3.05) is 31.6 Å². The zero-order valence-electron chi connectivity index (χ0n) is 16.4. The zero-order chi connectivity index (χ0) is 20.2. The molecule has 1 amide bonds. The molecule has 2 N–H and O–H groups in total. The first-order chi connectivity index (χ1) is 14.1. The van der Waals surface area contributed by atoms with Gasteiger partial charge in [0.2, 0.25) is 5.91 Å². The molecule has 6 heteroatoms. The fourth-order valence-electron chi connectivity index (χ4n) is 4.28. The molecular formula is C23H27ClN2O3. The Hall–Kier alpha value is -2.08. The first-order valence-corrected chi connectivity index (χ1v) is 10.7. The molecule has 0 radical (unpaired) electrons. The molecule has 2 aliphatic heterocycles. The summed E-state index contributed by atoms with van der Waals surface area (Å²) in [7, 11) is 0. The van der Waals surface area contributed by atoms with E-state index in [4.69, 9.17) is 16.3 Å². The lowest BCUT2D eigenvalue weighted by atomic mass is 9.89. The molecule has 5 nitrogen and oxygen atoms in total. The third kappa shape index (κ3) is 4.92. The van der Waals surface area contributed by atoms with E-state index < -0.39 is 6.10 Å². The number of hydrogen-bond donors (Lipinski definition) is 2. The Morgan fingerprint density at radius 3 is 2.66 bits per heavy atom. The Morgan fingerprint density at radius 1 is 1.14 bits per heavy atom. The van der Waals surface area contributed by atoms with E-state index in [1.165, 1.54) is 5.56 Å². The van der Waals surface area contributed by atoms with Crippen molar-refractivity contribution in [3.63, 3.8) is 0 Å². The maximum atomic E-state index is 11.6. The third-order valence-corrected chi connectivity index (χ3v) is 6.13. The molecule has 1 fully saturated rings. The fraction of sp³-hybridized carbons (Fsp3) is 0.435. The fourth-order valence-corrected chi connectivity index (χ4v) is 4.51. The number of anilines is 1. The number of aliphatic hydroxyl groups is 1. The largest absolute Gasteiger partial charge is 0.489 e. The predicted molar refractivity (Wildman–Crippen MR) is 115 cm³/mol. The summed E-state index contributed by atoms with van der Waals surface area (Å²) in [4.78, 5) is 13.9. The summed E-state index contributed by atoms with van der Waals surface area (Å²) in [5.74, 6) is 1.18. The van der Waals surface area contributed by atoms with Crippen molar-refractivity contribution in [2.24, 2.45) is 0 Å². The van der Waals surface area contributed by atoms with E-state index in [9.17, 15) is 9.90 Å². The van der Waals surface area contributed by atoms with Crippen molar-refractivity contribution in [1.82, 2.24) is 4.90 Å². The van der Waals surface area contributed by atoms with Gasteiger partial charge < -0.3 is 20.1 Å². The Morgan fingerprint density at radius 2 is 1.90 bits per heavy atom. The first kappa shape index (κ1) is 20.2. The Kier molecular flexibility index (Phi) is 6.38. The molecule has 0 aliphatic carbocycles. The zero-order valence-corrected chi connectivity index (χ0v) is 17.2. The number of carbonyl (C=O) groups is 1. The minimum Gasteiger partial charge on any atom is -0.489 e. The van der Waals surface area contributed by atoms with Crippen molar-refractivity contribution in [3.8, 4) is 5.75 Å². The Balaban J connectivity index is 1.29. The number of halogens is 1. The highest BCUT2D eigenvalue weighted by Gasteiger charge is 2.24. The maximum absolute atomic E-state index is 11.6. The van der Waals surface area contributed by atoms with Gasteiger partial charge in [0.05, 0.1) is 5.02 Å². The number of hydrogen-bond acceptors (Lipinski definition) is 4. The van der Waals surface area contributed by atoms with Crippen LogP contribution in [0, 0.1) is 0 Å². The molecular weight excluding hydrogens is 388 g/mol. The van der Waals surface area contributed by atoms with Crippen LogP contribution in [0.4, 0.5) is 5.69 Å². The minimum absolute atomic E-state index is 0.00436. The van der Waals surface area contributed by atoms with E-state index in [1.807, 2.05) is 0 Å². The predicted octanol–water partition coefficient (Wildman–Crippen LogP) is 3.84. The van der Waals surface area contributed by atoms with Crippen LogP contribution in [0.2, 0.25) is 5.02 Å². The number of benzene rings is 2. The summed E-state index contributed by atoms with van der Waals surface area (Å²) in [6, 6.07) is 14.2. The van der Waals surface area contributed by atoms with Crippen LogP contribution in [0.5, 0.6) is 5.75 Å². The molecule has 1 saturated heterocycles. The van der Waals surface area contributed by atoms with Gasteiger partial charge in [-0.25, -0.2) is 0 Å². The van der Waals surface area contributed by atoms with Crippen molar-refractivity contribution in [1.29, 1.82) is 0 Å². The van der Waals surface area contributed by atoms with Gasteiger partial charge in [0, 0.05) is 24.2 Å². The second-order valence-corrected chi connectivity index (χ2v) is 8.31. The van der Waals surface area contributed by atoms with Crippen LogP contribution in [-0.2, 0) is 11.2 Å². The van der Waals surface area contributed by atoms with Crippen molar-refractivity contribution >= 4 is 23.2 Å². The first-order valence-electron chi connectivity index (χ1n) is 10.3. The molecule has 29 heavy (non-hydrogen) atoms. The lowest BCUT2D eigenvalue weighted by molar-refractivity contribution is -0.116. The standard InChI is InChI=1S/C23H27ClN2O3/c24-20-7-8-21-19(6-9-22(28)25-21)23(20)29-15-18(27)14-26-12-10-17(11-13-26)16-4-2-1-3-5-16/h1-5,7-8,17-18,27H,6,9-15H2,(H,25,28). The van der Waals surface area contributed by atoms with Crippen LogP contribution in [0.15, 0.2) is 42.5 Å². The van der Waals surface area contributed by atoms with Gasteiger partial charge in [0.1, 0.15) is 18.5 Å².